The van der Waals surface area contributed by atoms with Crippen molar-refractivity contribution in [1.82, 2.24) is 9.38 Å². The van der Waals surface area contributed by atoms with Crippen LogP contribution in [0.5, 0.6) is 0 Å². The van der Waals surface area contributed by atoms with Crippen LogP contribution in [0.15, 0.2) is 84.5 Å². The zero-order chi connectivity index (χ0) is 20.7. The molecule has 6 nitrogen and oxygen atoms in total. The highest BCUT2D eigenvalue weighted by Gasteiger charge is 2.35. The Morgan fingerprint density at radius 2 is 1.93 bits per heavy atom. The quantitative estimate of drug-likeness (QED) is 0.538. The molecule has 1 aliphatic heterocycles. The maximum absolute atomic E-state index is 13.1. The number of hydrogen-bond donors (Lipinski definition) is 1. The third-order valence-electron chi connectivity index (χ3n) is 5.28. The fourth-order valence-corrected chi connectivity index (χ4v) is 3.80. The minimum Gasteiger partial charge on any atom is -0.452 e. The van der Waals surface area contributed by atoms with Gasteiger partial charge in [-0.1, -0.05) is 60.7 Å². The van der Waals surface area contributed by atoms with E-state index in [4.69, 9.17) is 9.72 Å². The lowest BCUT2D eigenvalue weighted by atomic mass is 9.95. The molecule has 3 aromatic rings. The molecule has 0 saturated heterocycles. The number of nitrogens with one attached hydrogen (secondary N) is 1. The van der Waals surface area contributed by atoms with Gasteiger partial charge in [0.15, 0.2) is 5.92 Å². The first kappa shape index (κ1) is 18.1. The number of rotatable bonds is 3. The molecule has 2 atom stereocenters. The molecular weight excluding hydrogens is 378 g/mol. The zero-order valence-corrected chi connectivity index (χ0v) is 16.3. The number of benzene rings is 1. The minimum atomic E-state index is -1.02. The van der Waals surface area contributed by atoms with Gasteiger partial charge in [-0.25, -0.2) is 4.98 Å². The Bertz CT molecular complexity index is 1250. The maximum atomic E-state index is 13.1. The maximum Gasteiger partial charge on any atom is 0.323 e. The van der Waals surface area contributed by atoms with Gasteiger partial charge in [0.05, 0.1) is 0 Å². The van der Waals surface area contributed by atoms with Crippen LogP contribution in [-0.2, 0) is 14.3 Å². The molecule has 0 radical (unpaired) electrons. The summed E-state index contributed by atoms with van der Waals surface area (Å²) in [5.74, 6) is -1.50. The summed E-state index contributed by atoms with van der Waals surface area (Å²) >= 11 is 0. The molecule has 1 amide bonds. The summed E-state index contributed by atoms with van der Waals surface area (Å²) in [6.45, 7) is 1.94. The highest BCUT2D eigenvalue weighted by molar-refractivity contribution is 6.08. The predicted octanol–water partition coefficient (Wildman–Crippen LogP) is 3.84. The minimum absolute atomic E-state index is 0.426. The molecule has 0 bridgehead atoms. The lowest BCUT2D eigenvalue weighted by Gasteiger charge is -2.26. The number of amides is 1. The van der Waals surface area contributed by atoms with Crippen LogP contribution in [0.1, 0.15) is 5.69 Å². The van der Waals surface area contributed by atoms with Gasteiger partial charge in [0.1, 0.15) is 23.3 Å². The number of fused-ring (bicyclic) bond motifs is 2. The SMILES string of the molecule is Cc1cccc2nc(-c3ccccc3)c(NC(=O)C3C=C4C=CC=CC4OC3=O)n12. The van der Waals surface area contributed by atoms with Gasteiger partial charge in [0, 0.05) is 11.3 Å². The van der Waals surface area contributed by atoms with E-state index in [9.17, 15) is 9.59 Å². The number of hydrogen-bond acceptors (Lipinski definition) is 4. The highest BCUT2D eigenvalue weighted by atomic mass is 16.5. The molecule has 2 aromatic heterocycles. The first-order chi connectivity index (χ1) is 14.6. The number of carbonyl (C=O) groups excluding carboxylic acids is 2. The Kier molecular flexibility index (Phi) is 4.32. The monoisotopic (exact) mass is 397 g/mol. The lowest BCUT2D eigenvalue weighted by Crippen LogP contribution is -2.37. The molecule has 3 heterocycles. The smallest absolute Gasteiger partial charge is 0.323 e. The molecule has 0 fully saturated rings. The molecular formula is C24H19N3O3. The third-order valence-corrected chi connectivity index (χ3v) is 5.28. The van der Waals surface area contributed by atoms with Crippen LogP contribution in [-0.4, -0.2) is 27.4 Å². The molecule has 1 N–H and O–H groups in total. The number of imidazole rings is 1. The Balaban J connectivity index is 1.57. The number of esters is 1. The molecule has 0 saturated carbocycles. The van der Waals surface area contributed by atoms with Gasteiger partial charge in [0.25, 0.3) is 0 Å². The van der Waals surface area contributed by atoms with Gasteiger partial charge in [-0.15, -0.1) is 0 Å². The van der Waals surface area contributed by atoms with Crippen molar-refractivity contribution in [3.05, 3.63) is 90.2 Å². The largest absolute Gasteiger partial charge is 0.452 e. The Morgan fingerprint density at radius 1 is 1.10 bits per heavy atom. The van der Waals surface area contributed by atoms with Gasteiger partial charge in [-0.05, 0) is 30.7 Å². The van der Waals surface area contributed by atoms with E-state index in [1.165, 1.54) is 0 Å². The van der Waals surface area contributed by atoms with E-state index in [1.54, 1.807) is 12.2 Å². The molecule has 1 aliphatic carbocycles. The average Bonchev–Trinajstić information content (AvgIpc) is 3.13. The Morgan fingerprint density at radius 3 is 2.77 bits per heavy atom. The third kappa shape index (κ3) is 3.03. The number of anilines is 1. The van der Waals surface area contributed by atoms with Gasteiger partial charge < -0.3 is 10.1 Å². The number of aromatic nitrogens is 2. The second-order valence-corrected chi connectivity index (χ2v) is 7.27. The summed E-state index contributed by atoms with van der Waals surface area (Å²) in [5, 5.41) is 2.94. The number of carbonyl (C=O) groups is 2. The zero-order valence-electron chi connectivity index (χ0n) is 16.3. The molecule has 2 unspecified atom stereocenters. The van der Waals surface area contributed by atoms with Crippen LogP contribution in [0.2, 0.25) is 0 Å². The molecule has 6 heteroatoms. The van der Waals surface area contributed by atoms with Gasteiger partial charge in [-0.2, -0.15) is 0 Å². The highest BCUT2D eigenvalue weighted by Crippen LogP contribution is 2.31. The molecule has 30 heavy (non-hydrogen) atoms. The van der Waals surface area contributed by atoms with Crippen LogP contribution in [0, 0.1) is 12.8 Å². The van der Waals surface area contributed by atoms with E-state index in [0.717, 1.165) is 16.8 Å². The number of aryl methyl sites for hydroxylation is 1. The summed E-state index contributed by atoms with van der Waals surface area (Å²) in [4.78, 5) is 30.4. The van der Waals surface area contributed by atoms with E-state index in [2.05, 4.69) is 5.32 Å². The average molecular weight is 397 g/mol. The molecule has 148 valence electrons. The fourth-order valence-electron chi connectivity index (χ4n) is 3.80. The van der Waals surface area contributed by atoms with Gasteiger partial charge in [0.2, 0.25) is 5.91 Å². The van der Waals surface area contributed by atoms with Gasteiger partial charge in [-0.3, -0.25) is 14.0 Å². The van der Waals surface area contributed by atoms with Crippen LogP contribution in [0.3, 0.4) is 0 Å². The van der Waals surface area contributed by atoms with E-state index < -0.39 is 23.9 Å². The second-order valence-electron chi connectivity index (χ2n) is 7.27. The van der Waals surface area contributed by atoms with Crippen molar-refractivity contribution in [2.24, 2.45) is 5.92 Å². The Hall–Kier alpha value is -3.93. The first-order valence-electron chi connectivity index (χ1n) is 9.73. The second kappa shape index (κ2) is 7.15. The molecule has 2 aliphatic rings. The topological polar surface area (TPSA) is 72.7 Å². The summed E-state index contributed by atoms with van der Waals surface area (Å²) in [6.07, 6.45) is 8.57. The molecule has 0 spiro atoms. The van der Waals surface area contributed by atoms with Crippen molar-refractivity contribution in [2.45, 2.75) is 13.0 Å². The fraction of sp³-hybridized carbons (Fsp3) is 0.125. The number of ether oxygens (including phenoxy) is 1. The summed E-state index contributed by atoms with van der Waals surface area (Å²) in [5.41, 5.74) is 3.96. The van der Waals surface area contributed by atoms with Crippen molar-refractivity contribution in [3.8, 4) is 11.3 Å². The van der Waals surface area contributed by atoms with Crippen molar-refractivity contribution in [3.63, 3.8) is 0 Å². The number of pyridine rings is 1. The van der Waals surface area contributed by atoms with Crippen LogP contribution < -0.4 is 5.32 Å². The standard InChI is InChI=1S/C24H19N3O3/c1-15-8-7-13-20-25-21(16-9-3-2-4-10-16)22(27(15)20)26-23(28)18-14-17-11-5-6-12-19(17)30-24(18)29/h2-14,18-19H,1H3,(H,26,28). The summed E-state index contributed by atoms with van der Waals surface area (Å²) in [7, 11) is 0. The Labute approximate surface area is 173 Å². The lowest BCUT2D eigenvalue weighted by molar-refractivity contribution is -0.152. The summed E-state index contributed by atoms with van der Waals surface area (Å²) in [6, 6.07) is 15.4. The van der Waals surface area contributed by atoms with Crippen LogP contribution >= 0.6 is 0 Å². The normalized spacial score (nSPS) is 19.9. The van der Waals surface area contributed by atoms with E-state index >= 15 is 0 Å². The van der Waals surface area contributed by atoms with Crippen molar-refractivity contribution in [2.75, 3.05) is 5.32 Å². The number of allylic oxidation sites excluding steroid dienone is 2. The molecule has 5 rings (SSSR count). The predicted molar refractivity (Wildman–Crippen MR) is 114 cm³/mol. The van der Waals surface area contributed by atoms with Crippen LogP contribution in [0.4, 0.5) is 5.82 Å². The van der Waals surface area contributed by atoms with Crippen molar-refractivity contribution in [1.29, 1.82) is 0 Å². The molecule has 1 aromatic carbocycles. The van der Waals surface area contributed by atoms with Crippen molar-refractivity contribution >= 4 is 23.3 Å². The number of nitrogens with zero attached hydrogens (tertiary/aromatic N) is 2. The van der Waals surface area contributed by atoms with Gasteiger partial charge >= 0.3 is 5.97 Å². The van der Waals surface area contributed by atoms with Crippen LogP contribution in [0.25, 0.3) is 16.9 Å². The first-order valence-corrected chi connectivity index (χ1v) is 9.73. The van der Waals surface area contributed by atoms with E-state index in [-0.39, 0.29) is 0 Å². The van der Waals surface area contributed by atoms with E-state index in [1.807, 2.05) is 78.1 Å². The van der Waals surface area contributed by atoms with Crippen molar-refractivity contribution < 1.29 is 14.3 Å². The van der Waals surface area contributed by atoms with E-state index in [0.29, 0.717) is 17.2 Å². The summed E-state index contributed by atoms with van der Waals surface area (Å²) < 4.78 is 7.32.